The van der Waals surface area contributed by atoms with Crippen LogP contribution in [0.2, 0.25) is 0 Å². The van der Waals surface area contributed by atoms with Crippen molar-refractivity contribution in [2.24, 2.45) is 4.99 Å². The molecule has 0 unspecified atom stereocenters. The van der Waals surface area contributed by atoms with Crippen LogP contribution in [0, 0.1) is 0 Å². The molecule has 0 bridgehead atoms. The number of carbonyl (C=O) groups excluding carboxylic acids is 2. The average Bonchev–Trinajstić information content (AvgIpc) is 3.29. The van der Waals surface area contributed by atoms with E-state index in [0.29, 0.717) is 17.9 Å². The normalized spacial score (nSPS) is 15.6. The van der Waals surface area contributed by atoms with E-state index in [4.69, 9.17) is 4.74 Å². The van der Waals surface area contributed by atoms with Crippen molar-refractivity contribution >= 4 is 57.2 Å². The quantitative estimate of drug-likeness (QED) is 0.640. The topological polar surface area (TPSA) is 59.0 Å². The Balaban J connectivity index is 1.38. The summed E-state index contributed by atoms with van der Waals surface area (Å²) in [5.74, 6) is 1.84. The van der Waals surface area contributed by atoms with Crippen molar-refractivity contribution in [1.29, 1.82) is 0 Å². The molecule has 0 aromatic heterocycles. The Kier molecular flexibility index (Phi) is 6.84. The van der Waals surface area contributed by atoms with Gasteiger partial charge in [-0.15, -0.1) is 11.8 Å². The van der Waals surface area contributed by atoms with Crippen LogP contribution in [0.4, 0.5) is 5.69 Å². The highest BCUT2D eigenvalue weighted by atomic mass is 32.2. The van der Waals surface area contributed by atoms with Crippen molar-refractivity contribution in [2.75, 3.05) is 36.1 Å². The van der Waals surface area contributed by atoms with Crippen LogP contribution in [-0.2, 0) is 15.3 Å². The van der Waals surface area contributed by atoms with E-state index in [2.05, 4.69) is 4.99 Å². The Morgan fingerprint density at radius 1 is 1.07 bits per heavy atom. The predicted octanol–water partition coefficient (Wildman–Crippen LogP) is 4.32. The van der Waals surface area contributed by atoms with Crippen LogP contribution < -0.4 is 4.90 Å². The summed E-state index contributed by atoms with van der Waals surface area (Å²) >= 11 is 5.11. The van der Waals surface area contributed by atoms with Crippen molar-refractivity contribution in [1.82, 2.24) is 0 Å². The van der Waals surface area contributed by atoms with Crippen LogP contribution in [0.1, 0.15) is 15.9 Å². The van der Waals surface area contributed by atoms with Gasteiger partial charge in [0, 0.05) is 28.7 Å². The van der Waals surface area contributed by atoms with E-state index in [-0.39, 0.29) is 12.5 Å². The molecular formula is C21H20N2O3S3. The number of thioether (sulfide) groups is 3. The number of carbonyl (C=O) groups is 2. The van der Waals surface area contributed by atoms with Crippen molar-refractivity contribution in [3.05, 3.63) is 59.7 Å². The minimum atomic E-state index is -0.463. The number of ether oxygens (including phenoxy) is 1. The molecule has 0 fully saturated rings. The largest absolute Gasteiger partial charge is 0.452 e. The molecule has 2 aliphatic heterocycles. The van der Waals surface area contributed by atoms with Gasteiger partial charge in [-0.1, -0.05) is 53.9 Å². The van der Waals surface area contributed by atoms with Crippen LogP contribution >= 0.6 is 35.3 Å². The first kappa shape index (κ1) is 20.4. The molecule has 2 aliphatic rings. The third-order valence-electron chi connectivity index (χ3n) is 4.50. The number of rotatable bonds is 5. The molecule has 8 heteroatoms. The van der Waals surface area contributed by atoms with E-state index < -0.39 is 5.97 Å². The summed E-state index contributed by atoms with van der Waals surface area (Å²) in [5, 5.41) is 0. The summed E-state index contributed by atoms with van der Waals surface area (Å²) in [6, 6.07) is 15.2. The molecule has 0 saturated carbocycles. The lowest BCUT2D eigenvalue weighted by atomic mass is 10.1. The van der Waals surface area contributed by atoms with Gasteiger partial charge in [0.25, 0.3) is 5.91 Å². The van der Waals surface area contributed by atoms with Gasteiger partial charge in [-0.05, 0) is 23.8 Å². The van der Waals surface area contributed by atoms with E-state index in [0.717, 1.165) is 38.6 Å². The van der Waals surface area contributed by atoms with Gasteiger partial charge in [-0.2, -0.15) is 0 Å². The molecular weight excluding hydrogens is 424 g/mol. The fourth-order valence-electron chi connectivity index (χ4n) is 3.10. The van der Waals surface area contributed by atoms with Crippen molar-refractivity contribution in [2.45, 2.75) is 10.6 Å². The van der Waals surface area contributed by atoms with Crippen molar-refractivity contribution < 1.29 is 14.3 Å². The van der Waals surface area contributed by atoms with E-state index in [9.17, 15) is 9.59 Å². The second-order valence-corrected chi connectivity index (χ2v) is 9.82. The SMILES string of the molecule is O=C(OCC(=O)N1CCSc2ccccc21)c1ccccc1CSC1=NCCS1. The zero-order valence-corrected chi connectivity index (χ0v) is 18.2. The van der Waals surface area contributed by atoms with Gasteiger partial charge >= 0.3 is 5.97 Å². The van der Waals surface area contributed by atoms with Crippen LogP contribution in [0.5, 0.6) is 0 Å². The van der Waals surface area contributed by atoms with E-state index in [1.807, 2.05) is 42.5 Å². The number of esters is 1. The second-order valence-electron chi connectivity index (χ2n) is 6.38. The monoisotopic (exact) mass is 444 g/mol. The zero-order chi connectivity index (χ0) is 20.1. The molecule has 0 radical (unpaired) electrons. The zero-order valence-electron chi connectivity index (χ0n) is 15.7. The molecule has 29 heavy (non-hydrogen) atoms. The standard InChI is InChI=1S/C21H20N2O3S3/c24-19(23-10-12-27-18-8-4-3-7-17(18)23)13-26-20(25)16-6-2-1-5-15(16)14-29-21-22-9-11-28-21/h1-8H,9-14H2. The molecule has 0 N–H and O–H groups in total. The Morgan fingerprint density at radius 3 is 2.76 bits per heavy atom. The summed E-state index contributed by atoms with van der Waals surface area (Å²) in [6.07, 6.45) is 0. The predicted molar refractivity (Wildman–Crippen MR) is 122 cm³/mol. The minimum absolute atomic E-state index is 0.199. The van der Waals surface area contributed by atoms with Gasteiger partial charge in [-0.3, -0.25) is 9.79 Å². The number of para-hydroxylation sites is 1. The fourth-order valence-corrected chi connectivity index (χ4v) is 6.11. The summed E-state index contributed by atoms with van der Waals surface area (Å²) in [6.45, 7) is 1.21. The molecule has 0 atom stereocenters. The fraction of sp³-hybridized carbons (Fsp3) is 0.286. The Morgan fingerprint density at radius 2 is 1.90 bits per heavy atom. The maximum atomic E-state index is 12.7. The van der Waals surface area contributed by atoms with Crippen molar-refractivity contribution in [3.8, 4) is 0 Å². The summed E-state index contributed by atoms with van der Waals surface area (Å²) in [4.78, 5) is 32.6. The van der Waals surface area contributed by atoms with Crippen molar-refractivity contribution in [3.63, 3.8) is 0 Å². The van der Waals surface area contributed by atoms with Crippen LogP contribution in [0.15, 0.2) is 58.4 Å². The number of hydrogen-bond donors (Lipinski definition) is 0. The molecule has 0 saturated heterocycles. The number of fused-ring (bicyclic) bond motifs is 1. The van der Waals surface area contributed by atoms with Gasteiger partial charge in [0.2, 0.25) is 0 Å². The molecule has 1 amide bonds. The molecule has 2 aromatic carbocycles. The Labute approximate surface area is 182 Å². The molecule has 2 aromatic rings. The van der Waals surface area contributed by atoms with Gasteiger partial charge in [0.05, 0.1) is 17.8 Å². The lowest BCUT2D eigenvalue weighted by molar-refractivity contribution is -0.121. The molecule has 2 heterocycles. The smallest absolute Gasteiger partial charge is 0.338 e. The number of hydrogen-bond acceptors (Lipinski definition) is 7. The summed E-state index contributed by atoms with van der Waals surface area (Å²) in [7, 11) is 0. The highest BCUT2D eigenvalue weighted by molar-refractivity contribution is 8.38. The highest BCUT2D eigenvalue weighted by Crippen LogP contribution is 2.34. The first-order valence-corrected chi connectivity index (χ1v) is 12.3. The number of benzene rings is 2. The Hall–Kier alpha value is -1.90. The highest BCUT2D eigenvalue weighted by Gasteiger charge is 2.24. The Bertz CT molecular complexity index is 948. The van der Waals surface area contributed by atoms with Gasteiger partial charge in [-0.25, -0.2) is 4.79 Å². The third-order valence-corrected chi connectivity index (χ3v) is 7.85. The molecule has 5 nitrogen and oxygen atoms in total. The van der Waals surface area contributed by atoms with Crippen LogP contribution in [0.25, 0.3) is 0 Å². The number of amides is 1. The number of nitrogens with zero attached hydrogens (tertiary/aromatic N) is 2. The van der Waals surface area contributed by atoms with Gasteiger partial charge in [0.1, 0.15) is 4.38 Å². The lowest BCUT2D eigenvalue weighted by Crippen LogP contribution is -2.38. The van der Waals surface area contributed by atoms with E-state index >= 15 is 0 Å². The number of anilines is 1. The minimum Gasteiger partial charge on any atom is -0.452 e. The third kappa shape index (κ3) is 4.99. The van der Waals surface area contributed by atoms with Crippen LogP contribution in [-0.4, -0.2) is 47.5 Å². The summed E-state index contributed by atoms with van der Waals surface area (Å²) < 4.78 is 6.45. The average molecular weight is 445 g/mol. The maximum Gasteiger partial charge on any atom is 0.338 e. The second kappa shape index (κ2) is 9.73. The van der Waals surface area contributed by atoms with E-state index in [1.54, 1.807) is 46.3 Å². The molecule has 0 spiro atoms. The van der Waals surface area contributed by atoms with Gasteiger partial charge in [0.15, 0.2) is 6.61 Å². The molecule has 0 aliphatic carbocycles. The summed E-state index contributed by atoms with van der Waals surface area (Å²) in [5.41, 5.74) is 2.28. The maximum absolute atomic E-state index is 12.7. The van der Waals surface area contributed by atoms with Crippen LogP contribution in [0.3, 0.4) is 0 Å². The van der Waals surface area contributed by atoms with E-state index in [1.165, 1.54) is 0 Å². The lowest BCUT2D eigenvalue weighted by Gasteiger charge is -2.28. The van der Waals surface area contributed by atoms with Gasteiger partial charge < -0.3 is 9.64 Å². The first-order chi connectivity index (χ1) is 14.2. The molecule has 4 rings (SSSR count). The molecule has 150 valence electrons. The number of aliphatic imine (C=N–C) groups is 1. The first-order valence-electron chi connectivity index (χ1n) is 9.29.